The fourth-order valence-corrected chi connectivity index (χ4v) is 1.55. The number of anilines is 1. The second-order valence-corrected chi connectivity index (χ2v) is 4.24. The molecule has 2 heterocycles. The van der Waals surface area contributed by atoms with Crippen LogP contribution in [0.1, 0.15) is 11.3 Å². The predicted molar refractivity (Wildman–Crippen MR) is 68.4 cm³/mol. The van der Waals surface area contributed by atoms with Gasteiger partial charge in [-0.15, -0.1) is 0 Å². The van der Waals surface area contributed by atoms with Crippen molar-refractivity contribution in [1.29, 1.82) is 0 Å². The first-order valence-electron chi connectivity index (χ1n) is 4.98. The van der Waals surface area contributed by atoms with Crippen LogP contribution >= 0.6 is 23.2 Å². The number of rotatable bonds is 3. The number of aromatic nitrogens is 3. The molecule has 0 aliphatic heterocycles. The summed E-state index contributed by atoms with van der Waals surface area (Å²) in [4.78, 5) is 12.0. The first-order valence-corrected chi connectivity index (χ1v) is 5.74. The average Bonchev–Trinajstić information content (AvgIpc) is 2.32. The van der Waals surface area contributed by atoms with Crippen molar-refractivity contribution in [2.45, 2.75) is 13.5 Å². The average molecular weight is 269 g/mol. The van der Waals surface area contributed by atoms with Crippen LogP contribution in [-0.4, -0.2) is 15.0 Å². The van der Waals surface area contributed by atoms with E-state index < -0.39 is 0 Å². The molecule has 0 amide bonds. The van der Waals surface area contributed by atoms with E-state index in [2.05, 4.69) is 20.3 Å². The van der Waals surface area contributed by atoms with Gasteiger partial charge in [-0.1, -0.05) is 17.7 Å². The first-order chi connectivity index (χ1) is 8.15. The number of hydrogen-bond donors (Lipinski definition) is 1. The molecule has 0 aliphatic rings. The Hall–Kier alpha value is -1.39. The number of nitrogens with zero attached hydrogens (tertiary/aromatic N) is 3. The molecule has 2 rings (SSSR count). The molecule has 0 saturated heterocycles. The Morgan fingerprint density at radius 2 is 2.00 bits per heavy atom. The lowest BCUT2D eigenvalue weighted by atomic mass is 10.2. The second kappa shape index (κ2) is 5.29. The van der Waals surface area contributed by atoms with Crippen LogP contribution in [0, 0.1) is 6.92 Å². The maximum atomic E-state index is 5.93. The minimum Gasteiger partial charge on any atom is -0.365 e. The number of aryl methyl sites for hydroxylation is 1. The number of halogens is 2. The van der Waals surface area contributed by atoms with Gasteiger partial charge >= 0.3 is 0 Å². The van der Waals surface area contributed by atoms with Crippen molar-refractivity contribution in [1.82, 2.24) is 15.0 Å². The number of pyridine rings is 1. The molecule has 2 aromatic heterocycles. The molecule has 6 heteroatoms. The summed E-state index contributed by atoms with van der Waals surface area (Å²) in [5.41, 5.74) is 2.03. The van der Waals surface area contributed by atoms with E-state index in [1.54, 1.807) is 6.20 Å². The van der Waals surface area contributed by atoms with Gasteiger partial charge in [-0.05, 0) is 30.2 Å². The van der Waals surface area contributed by atoms with Gasteiger partial charge in [0, 0.05) is 18.4 Å². The molecule has 0 atom stereocenters. The Morgan fingerprint density at radius 1 is 1.18 bits per heavy atom. The third kappa shape index (κ3) is 3.28. The van der Waals surface area contributed by atoms with Crippen LogP contribution in [-0.2, 0) is 6.54 Å². The normalized spacial score (nSPS) is 10.3. The van der Waals surface area contributed by atoms with Crippen molar-refractivity contribution < 1.29 is 0 Å². The van der Waals surface area contributed by atoms with Gasteiger partial charge in [-0.2, -0.15) is 4.98 Å². The maximum absolute atomic E-state index is 5.93. The van der Waals surface area contributed by atoms with Crippen molar-refractivity contribution in [3.63, 3.8) is 0 Å². The molecular weight excluding hydrogens is 259 g/mol. The van der Waals surface area contributed by atoms with Crippen LogP contribution < -0.4 is 5.32 Å². The molecule has 1 N–H and O–H groups in total. The van der Waals surface area contributed by atoms with Crippen molar-refractivity contribution in [2.75, 3.05) is 5.32 Å². The molecule has 0 aromatic carbocycles. The van der Waals surface area contributed by atoms with E-state index in [-0.39, 0.29) is 5.28 Å². The van der Waals surface area contributed by atoms with Crippen molar-refractivity contribution in [3.8, 4) is 0 Å². The van der Waals surface area contributed by atoms with Gasteiger partial charge in [-0.3, -0.25) is 4.98 Å². The van der Waals surface area contributed by atoms with E-state index in [4.69, 9.17) is 23.2 Å². The van der Waals surface area contributed by atoms with E-state index in [0.717, 1.165) is 11.3 Å². The van der Waals surface area contributed by atoms with E-state index in [1.807, 2.05) is 19.1 Å². The summed E-state index contributed by atoms with van der Waals surface area (Å²) in [6, 6.07) is 3.94. The minimum absolute atomic E-state index is 0.166. The van der Waals surface area contributed by atoms with Gasteiger partial charge in [0.15, 0.2) is 0 Å². The van der Waals surface area contributed by atoms with Gasteiger partial charge in [0.05, 0.1) is 6.20 Å². The van der Waals surface area contributed by atoms with Crippen LogP contribution in [0.5, 0.6) is 0 Å². The highest BCUT2D eigenvalue weighted by atomic mass is 35.5. The first kappa shape index (κ1) is 12.1. The van der Waals surface area contributed by atoms with Crippen LogP contribution in [0.3, 0.4) is 0 Å². The lowest BCUT2D eigenvalue weighted by Crippen LogP contribution is -2.03. The van der Waals surface area contributed by atoms with Crippen LogP contribution in [0.15, 0.2) is 24.5 Å². The highest BCUT2D eigenvalue weighted by molar-refractivity contribution is 6.33. The minimum atomic E-state index is 0.166. The summed E-state index contributed by atoms with van der Waals surface area (Å²) in [5.74, 6) is 0.521. The molecule has 0 bridgehead atoms. The molecule has 0 unspecified atom stereocenters. The van der Waals surface area contributed by atoms with Gasteiger partial charge < -0.3 is 5.32 Å². The Balaban J connectivity index is 2.07. The zero-order valence-corrected chi connectivity index (χ0v) is 10.6. The van der Waals surface area contributed by atoms with Crippen LogP contribution in [0.4, 0.5) is 5.82 Å². The summed E-state index contributed by atoms with van der Waals surface area (Å²) in [6.45, 7) is 2.53. The molecule has 88 valence electrons. The molecule has 0 aliphatic carbocycles. The molecule has 17 heavy (non-hydrogen) atoms. The second-order valence-electron chi connectivity index (χ2n) is 3.50. The molecule has 0 radical (unpaired) electrons. The van der Waals surface area contributed by atoms with Crippen molar-refractivity contribution in [3.05, 3.63) is 46.1 Å². The largest absolute Gasteiger partial charge is 0.365 e. The highest BCUT2D eigenvalue weighted by Gasteiger charge is 2.03. The van der Waals surface area contributed by atoms with E-state index in [0.29, 0.717) is 17.4 Å². The Bertz CT molecular complexity index is 513. The summed E-state index contributed by atoms with van der Waals surface area (Å²) < 4.78 is 0. The standard InChI is InChI=1S/C11H10Cl2N4/c1-7-2-3-8(4-14-7)5-15-10-9(12)6-16-11(13)17-10/h2-4,6H,5H2,1H3,(H,15,16,17). The zero-order chi connectivity index (χ0) is 12.3. The smallest absolute Gasteiger partial charge is 0.224 e. The lowest BCUT2D eigenvalue weighted by Gasteiger charge is -2.07. The lowest BCUT2D eigenvalue weighted by molar-refractivity contribution is 1.05. The van der Waals surface area contributed by atoms with E-state index in [9.17, 15) is 0 Å². The van der Waals surface area contributed by atoms with E-state index >= 15 is 0 Å². The fourth-order valence-electron chi connectivity index (χ4n) is 1.26. The topological polar surface area (TPSA) is 50.7 Å². The molecule has 0 fully saturated rings. The SMILES string of the molecule is Cc1ccc(CNc2nc(Cl)ncc2Cl)cn1. The summed E-state index contributed by atoms with van der Waals surface area (Å²) in [5, 5.41) is 3.69. The molecule has 4 nitrogen and oxygen atoms in total. The number of nitrogens with one attached hydrogen (secondary N) is 1. The Labute approximate surface area is 109 Å². The molecular formula is C11H10Cl2N4. The van der Waals surface area contributed by atoms with Gasteiger partial charge in [0.25, 0.3) is 0 Å². The third-order valence-electron chi connectivity index (χ3n) is 2.15. The quantitative estimate of drug-likeness (QED) is 0.870. The summed E-state index contributed by atoms with van der Waals surface area (Å²) in [6.07, 6.45) is 3.27. The van der Waals surface area contributed by atoms with Gasteiger partial charge in [0.1, 0.15) is 10.8 Å². The highest BCUT2D eigenvalue weighted by Crippen LogP contribution is 2.19. The fraction of sp³-hybridized carbons (Fsp3) is 0.182. The van der Waals surface area contributed by atoms with Crippen LogP contribution in [0.2, 0.25) is 10.3 Å². The van der Waals surface area contributed by atoms with Gasteiger partial charge in [-0.25, -0.2) is 4.98 Å². The maximum Gasteiger partial charge on any atom is 0.224 e. The predicted octanol–water partition coefficient (Wildman–Crippen LogP) is 3.10. The monoisotopic (exact) mass is 268 g/mol. The molecule has 0 saturated carbocycles. The number of hydrogen-bond acceptors (Lipinski definition) is 4. The third-order valence-corrected chi connectivity index (χ3v) is 2.61. The molecule has 2 aromatic rings. The Morgan fingerprint density at radius 3 is 2.71 bits per heavy atom. The van der Waals surface area contributed by atoms with Crippen LogP contribution in [0.25, 0.3) is 0 Å². The van der Waals surface area contributed by atoms with Crippen molar-refractivity contribution in [2.24, 2.45) is 0 Å². The summed E-state index contributed by atoms with van der Waals surface area (Å²) >= 11 is 11.6. The van der Waals surface area contributed by atoms with Crippen molar-refractivity contribution >= 4 is 29.0 Å². The Kier molecular flexibility index (Phi) is 3.76. The zero-order valence-electron chi connectivity index (χ0n) is 9.11. The van der Waals surface area contributed by atoms with E-state index in [1.165, 1.54) is 6.20 Å². The summed E-state index contributed by atoms with van der Waals surface area (Å²) in [7, 11) is 0. The van der Waals surface area contributed by atoms with Gasteiger partial charge in [0.2, 0.25) is 5.28 Å². The molecule has 0 spiro atoms.